The molecule has 2 aromatic rings. The zero-order valence-electron chi connectivity index (χ0n) is 9.91. The monoisotopic (exact) mass is 293 g/mol. The molecule has 7 nitrogen and oxygen atoms in total. The molecule has 1 aromatic heterocycles. The minimum atomic E-state index is -4.03. The maximum absolute atomic E-state index is 13.4. The highest BCUT2D eigenvalue weighted by atomic mass is 32.2. The smallest absolute Gasteiger partial charge is 0.265 e. The van der Waals surface area contributed by atoms with Gasteiger partial charge in [-0.1, -0.05) is 6.07 Å². The summed E-state index contributed by atoms with van der Waals surface area (Å²) in [7, 11) is -4.03. The number of sulfonamides is 1. The molecule has 0 saturated carbocycles. The molecule has 0 unspecified atom stereocenters. The molecule has 3 N–H and O–H groups in total. The van der Waals surface area contributed by atoms with Crippen LogP contribution in [-0.4, -0.2) is 18.4 Å². The third kappa shape index (κ3) is 2.65. The van der Waals surface area contributed by atoms with Crippen molar-refractivity contribution in [1.82, 2.24) is 9.97 Å². The molecule has 0 spiro atoms. The van der Waals surface area contributed by atoms with Crippen molar-refractivity contribution in [1.29, 1.82) is 5.26 Å². The zero-order chi connectivity index (χ0) is 14.8. The lowest BCUT2D eigenvalue weighted by Crippen LogP contribution is -2.15. The van der Waals surface area contributed by atoms with E-state index in [4.69, 9.17) is 11.0 Å². The summed E-state index contributed by atoms with van der Waals surface area (Å²) in [5.41, 5.74) is 4.70. The number of nitrogens with two attached hydrogens (primary N) is 1. The Bertz CT molecular complexity index is 783. The van der Waals surface area contributed by atoms with Crippen LogP contribution in [0.4, 0.5) is 16.0 Å². The van der Waals surface area contributed by atoms with Gasteiger partial charge in [-0.05, 0) is 12.1 Å². The molecule has 1 heterocycles. The van der Waals surface area contributed by atoms with E-state index >= 15 is 0 Å². The molecule has 0 bridgehead atoms. The van der Waals surface area contributed by atoms with Gasteiger partial charge in [-0.2, -0.15) is 5.26 Å². The number of hydrogen-bond acceptors (Lipinski definition) is 6. The quantitative estimate of drug-likeness (QED) is 0.865. The molecule has 1 aromatic carbocycles. The van der Waals surface area contributed by atoms with Gasteiger partial charge >= 0.3 is 0 Å². The summed E-state index contributed by atoms with van der Waals surface area (Å²) in [5.74, 6) is -0.895. The number of halogens is 1. The predicted octanol–water partition coefficient (Wildman–Crippen LogP) is 0.870. The minimum absolute atomic E-state index is 0.0765. The topological polar surface area (TPSA) is 122 Å². The fourth-order valence-corrected chi connectivity index (χ4v) is 2.35. The fraction of sp³-hybridized carbons (Fsp3) is 0. The number of nitrogens with zero attached hydrogens (tertiary/aromatic N) is 3. The molecule has 0 fully saturated rings. The van der Waals surface area contributed by atoms with Crippen molar-refractivity contribution in [3.8, 4) is 6.07 Å². The largest absolute Gasteiger partial charge is 0.368 e. The minimum Gasteiger partial charge on any atom is -0.368 e. The first-order valence-corrected chi connectivity index (χ1v) is 6.71. The predicted molar refractivity (Wildman–Crippen MR) is 68.4 cm³/mol. The van der Waals surface area contributed by atoms with Gasteiger partial charge in [0.1, 0.15) is 22.3 Å². The Kier molecular flexibility index (Phi) is 3.49. The van der Waals surface area contributed by atoms with Crippen molar-refractivity contribution in [2.24, 2.45) is 0 Å². The van der Waals surface area contributed by atoms with Gasteiger partial charge in [0.15, 0.2) is 0 Å². The normalized spacial score (nSPS) is 10.8. The second kappa shape index (κ2) is 5.10. The summed E-state index contributed by atoms with van der Waals surface area (Å²) in [6, 6.07) is 5.21. The first-order chi connectivity index (χ1) is 9.44. The van der Waals surface area contributed by atoms with E-state index in [1.54, 1.807) is 6.07 Å². The first-order valence-electron chi connectivity index (χ1n) is 5.23. The van der Waals surface area contributed by atoms with Crippen molar-refractivity contribution < 1.29 is 12.8 Å². The molecule has 0 aliphatic rings. The molecule has 0 amide bonds. The molecule has 0 aliphatic heterocycles. The van der Waals surface area contributed by atoms with Gasteiger partial charge in [-0.3, -0.25) is 4.72 Å². The van der Waals surface area contributed by atoms with Crippen LogP contribution in [0.2, 0.25) is 0 Å². The number of nitriles is 1. The molecule has 0 atom stereocenters. The molecular weight excluding hydrogens is 285 g/mol. The lowest BCUT2D eigenvalue weighted by Gasteiger charge is -2.09. The highest BCUT2D eigenvalue weighted by Crippen LogP contribution is 2.21. The lowest BCUT2D eigenvalue weighted by molar-refractivity contribution is 0.600. The highest BCUT2D eigenvalue weighted by molar-refractivity contribution is 7.92. The number of nitrogen functional groups attached to an aromatic ring is 1. The number of nitrogens with one attached hydrogen (secondary N) is 1. The maximum atomic E-state index is 13.4. The van der Waals surface area contributed by atoms with Crippen LogP contribution < -0.4 is 10.5 Å². The van der Waals surface area contributed by atoms with Gasteiger partial charge < -0.3 is 5.73 Å². The summed E-state index contributed by atoms with van der Waals surface area (Å²) in [4.78, 5) is 6.86. The second-order valence-electron chi connectivity index (χ2n) is 3.66. The number of hydrogen-bond donors (Lipinski definition) is 2. The third-order valence-corrected chi connectivity index (χ3v) is 3.65. The molecule has 20 heavy (non-hydrogen) atoms. The summed E-state index contributed by atoms with van der Waals surface area (Å²) in [6.07, 6.45) is 2.02. The van der Waals surface area contributed by atoms with Crippen molar-refractivity contribution in [3.63, 3.8) is 0 Å². The summed E-state index contributed by atoms with van der Waals surface area (Å²) in [6.45, 7) is 0. The van der Waals surface area contributed by atoms with Crippen LogP contribution >= 0.6 is 0 Å². The standard InChI is InChI=1S/C11H8FN5O2S/c12-9-2-1-3-10(8(9)4-13)17-20(18,19)7-5-15-11(14)16-6-7/h1-3,5-6,17H,(H2,14,15,16). The Morgan fingerprint density at radius 1 is 1.30 bits per heavy atom. The Morgan fingerprint density at radius 2 is 1.95 bits per heavy atom. The van der Waals surface area contributed by atoms with Crippen molar-refractivity contribution >= 4 is 21.7 Å². The van der Waals surface area contributed by atoms with E-state index in [0.717, 1.165) is 18.5 Å². The van der Waals surface area contributed by atoms with Gasteiger partial charge in [0.05, 0.1) is 18.1 Å². The SMILES string of the molecule is N#Cc1c(F)cccc1NS(=O)(=O)c1cnc(N)nc1. The van der Waals surface area contributed by atoms with Gasteiger partial charge in [-0.25, -0.2) is 22.8 Å². The number of aromatic nitrogens is 2. The van der Waals surface area contributed by atoms with Crippen LogP contribution in [-0.2, 0) is 10.0 Å². The van der Waals surface area contributed by atoms with Gasteiger partial charge in [0.2, 0.25) is 5.95 Å². The van der Waals surface area contributed by atoms with Crippen LogP contribution in [0.1, 0.15) is 5.56 Å². The molecule has 102 valence electrons. The van der Waals surface area contributed by atoms with E-state index in [2.05, 4.69) is 14.7 Å². The van der Waals surface area contributed by atoms with E-state index in [9.17, 15) is 12.8 Å². The molecule has 2 rings (SSSR count). The number of benzene rings is 1. The van der Waals surface area contributed by atoms with Crippen LogP contribution in [0, 0.1) is 17.1 Å². The first kappa shape index (κ1) is 13.7. The van der Waals surface area contributed by atoms with E-state index in [-0.39, 0.29) is 16.5 Å². The third-order valence-electron chi connectivity index (χ3n) is 2.33. The Morgan fingerprint density at radius 3 is 2.55 bits per heavy atom. The average molecular weight is 293 g/mol. The Hall–Kier alpha value is -2.73. The van der Waals surface area contributed by atoms with E-state index in [1.807, 2.05) is 0 Å². The number of rotatable bonds is 3. The van der Waals surface area contributed by atoms with Crippen LogP contribution in [0.25, 0.3) is 0 Å². The van der Waals surface area contributed by atoms with Gasteiger partial charge in [-0.15, -0.1) is 0 Å². The van der Waals surface area contributed by atoms with Crippen molar-refractivity contribution in [2.45, 2.75) is 4.90 Å². The van der Waals surface area contributed by atoms with E-state index in [1.165, 1.54) is 12.1 Å². The zero-order valence-corrected chi connectivity index (χ0v) is 10.7. The second-order valence-corrected chi connectivity index (χ2v) is 5.34. The van der Waals surface area contributed by atoms with Crippen LogP contribution in [0.3, 0.4) is 0 Å². The van der Waals surface area contributed by atoms with E-state index < -0.39 is 21.4 Å². The van der Waals surface area contributed by atoms with Crippen molar-refractivity contribution in [3.05, 3.63) is 42.0 Å². The molecule has 0 saturated heterocycles. The molecular formula is C11H8FN5O2S. The Labute approximate surface area is 114 Å². The van der Waals surface area contributed by atoms with Crippen LogP contribution in [0.5, 0.6) is 0 Å². The molecule has 9 heteroatoms. The average Bonchev–Trinajstić information content (AvgIpc) is 2.39. The Balaban J connectivity index is 2.42. The molecule has 0 radical (unpaired) electrons. The van der Waals surface area contributed by atoms with Crippen LogP contribution in [0.15, 0.2) is 35.5 Å². The maximum Gasteiger partial charge on any atom is 0.265 e. The highest BCUT2D eigenvalue weighted by Gasteiger charge is 2.18. The fourth-order valence-electron chi connectivity index (χ4n) is 1.39. The summed E-state index contributed by atoms with van der Waals surface area (Å²) < 4.78 is 39.5. The lowest BCUT2D eigenvalue weighted by atomic mass is 10.2. The summed E-state index contributed by atoms with van der Waals surface area (Å²) >= 11 is 0. The van der Waals surface area contributed by atoms with Gasteiger partial charge in [0.25, 0.3) is 10.0 Å². The summed E-state index contributed by atoms with van der Waals surface area (Å²) in [5, 5.41) is 8.84. The van der Waals surface area contributed by atoms with E-state index in [0.29, 0.717) is 0 Å². The molecule has 0 aliphatic carbocycles. The number of anilines is 2. The van der Waals surface area contributed by atoms with Crippen molar-refractivity contribution in [2.75, 3.05) is 10.5 Å². The van der Waals surface area contributed by atoms with Gasteiger partial charge in [0, 0.05) is 0 Å².